The molecule has 0 saturated heterocycles. The molecule has 0 heterocycles. The first-order valence-electron chi connectivity index (χ1n) is 4.86. The van der Waals surface area contributed by atoms with Crippen LogP contribution in [0.25, 0.3) is 0 Å². The summed E-state index contributed by atoms with van der Waals surface area (Å²) in [7, 11) is 0. The smallest absolute Gasteiger partial charge is 0.257 e. The molecule has 15 heavy (non-hydrogen) atoms. The lowest BCUT2D eigenvalue weighted by Gasteiger charge is -2.09. The summed E-state index contributed by atoms with van der Waals surface area (Å²) in [6.07, 6.45) is 0. The van der Waals surface area contributed by atoms with Gasteiger partial charge in [0.15, 0.2) is 6.61 Å². The molecule has 4 nitrogen and oxygen atoms in total. The van der Waals surface area contributed by atoms with Crippen molar-refractivity contribution in [3.05, 3.63) is 29.8 Å². The van der Waals surface area contributed by atoms with Crippen molar-refractivity contribution in [1.29, 1.82) is 0 Å². The quantitative estimate of drug-likeness (QED) is 0.750. The Morgan fingerprint density at radius 1 is 1.47 bits per heavy atom. The van der Waals surface area contributed by atoms with Crippen LogP contribution in [-0.2, 0) is 11.4 Å². The predicted molar refractivity (Wildman–Crippen MR) is 56.5 cm³/mol. The van der Waals surface area contributed by atoms with Crippen LogP contribution >= 0.6 is 0 Å². The number of ether oxygens (including phenoxy) is 1. The monoisotopic (exact) mass is 209 g/mol. The molecular weight excluding hydrogens is 194 g/mol. The Morgan fingerprint density at radius 2 is 2.20 bits per heavy atom. The van der Waals surface area contributed by atoms with E-state index >= 15 is 0 Å². The lowest BCUT2D eigenvalue weighted by Crippen LogP contribution is -2.28. The van der Waals surface area contributed by atoms with Gasteiger partial charge in [-0.25, -0.2) is 0 Å². The third kappa shape index (κ3) is 3.59. The number of benzene rings is 1. The number of aliphatic hydroxyl groups is 1. The van der Waals surface area contributed by atoms with Crippen LogP contribution in [0, 0.1) is 0 Å². The van der Waals surface area contributed by atoms with Gasteiger partial charge in [0.2, 0.25) is 0 Å². The first-order chi connectivity index (χ1) is 7.27. The molecule has 1 amide bonds. The highest BCUT2D eigenvalue weighted by Crippen LogP contribution is 2.17. The van der Waals surface area contributed by atoms with Crippen LogP contribution in [-0.4, -0.2) is 24.2 Å². The van der Waals surface area contributed by atoms with Crippen molar-refractivity contribution in [3.63, 3.8) is 0 Å². The van der Waals surface area contributed by atoms with Gasteiger partial charge in [-0.15, -0.1) is 0 Å². The molecule has 0 radical (unpaired) electrons. The van der Waals surface area contributed by atoms with Crippen molar-refractivity contribution >= 4 is 5.91 Å². The molecule has 0 bridgehead atoms. The molecule has 0 unspecified atom stereocenters. The minimum atomic E-state index is -0.162. The van der Waals surface area contributed by atoms with E-state index in [1.807, 2.05) is 13.0 Å². The second kappa shape index (κ2) is 6.03. The predicted octanol–water partition coefficient (Wildman–Crippen LogP) is 0.694. The molecule has 1 aromatic carbocycles. The summed E-state index contributed by atoms with van der Waals surface area (Å²) in [5, 5.41) is 11.6. The Labute approximate surface area is 88.9 Å². The van der Waals surface area contributed by atoms with Crippen LogP contribution in [0.4, 0.5) is 0 Å². The van der Waals surface area contributed by atoms with Crippen LogP contribution in [0.2, 0.25) is 0 Å². The number of hydrogen-bond donors (Lipinski definition) is 2. The number of nitrogens with one attached hydrogen (secondary N) is 1. The van der Waals surface area contributed by atoms with Crippen molar-refractivity contribution in [2.45, 2.75) is 13.5 Å². The van der Waals surface area contributed by atoms with Gasteiger partial charge in [-0.1, -0.05) is 18.2 Å². The van der Waals surface area contributed by atoms with E-state index in [1.165, 1.54) is 0 Å². The summed E-state index contributed by atoms with van der Waals surface area (Å²) in [6.45, 7) is 2.32. The minimum absolute atomic E-state index is 0.0230. The van der Waals surface area contributed by atoms with Crippen molar-refractivity contribution in [3.8, 4) is 5.75 Å². The molecular formula is C11H15NO3. The Bertz CT molecular complexity index is 325. The summed E-state index contributed by atoms with van der Waals surface area (Å²) >= 11 is 0. The zero-order valence-electron chi connectivity index (χ0n) is 8.69. The molecule has 1 aromatic rings. The van der Waals surface area contributed by atoms with Crippen LogP contribution in [0.5, 0.6) is 5.75 Å². The van der Waals surface area contributed by atoms with Crippen LogP contribution in [0.15, 0.2) is 24.3 Å². The highest BCUT2D eigenvalue weighted by molar-refractivity contribution is 5.77. The third-order valence-electron chi connectivity index (χ3n) is 1.88. The summed E-state index contributed by atoms with van der Waals surface area (Å²) in [6, 6.07) is 7.09. The number of carbonyl (C=O) groups excluding carboxylic acids is 1. The van der Waals surface area contributed by atoms with Gasteiger partial charge in [-0.2, -0.15) is 0 Å². The van der Waals surface area contributed by atoms with Crippen LogP contribution < -0.4 is 10.1 Å². The lowest BCUT2D eigenvalue weighted by atomic mass is 10.2. The molecule has 0 aliphatic rings. The first kappa shape index (κ1) is 11.5. The van der Waals surface area contributed by atoms with E-state index in [1.54, 1.807) is 18.2 Å². The lowest BCUT2D eigenvalue weighted by molar-refractivity contribution is -0.123. The van der Waals surface area contributed by atoms with Gasteiger partial charge in [0.05, 0.1) is 6.61 Å². The van der Waals surface area contributed by atoms with Crippen LogP contribution in [0.3, 0.4) is 0 Å². The van der Waals surface area contributed by atoms with Crippen molar-refractivity contribution in [2.24, 2.45) is 0 Å². The van der Waals surface area contributed by atoms with E-state index < -0.39 is 0 Å². The second-order valence-electron chi connectivity index (χ2n) is 3.01. The number of likely N-dealkylation sites (N-methyl/N-ethyl adjacent to an activating group) is 1. The number of rotatable bonds is 5. The molecule has 0 saturated carbocycles. The third-order valence-corrected chi connectivity index (χ3v) is 1.88. The highest BCUT2D eigenvalue weighted by Gasteiger charge is 2.04. The summed E-state index contributed by atoms with van der Waals surface area (Å²) in [4.78, 5) is 11.1. The number of amides is 1. The maximum atomic E-state index is 11.1. The van der Waals surface area contributed by atoms with Gasteiger partial charge in [0.25, 0.3) is 5.91 Å². The van der Waals surface area contributed by atoms with Gasteiger partial charge < -0.3 is 15.2 Å². The van der Waals surface area contributed by atoms with E-state index in [4.69, 9.17) is 9.84 Å². The molecule has 0 aromatic heterocycles. The van der Waals surface area contributed by atoms with Crippen LogP contribution in [0.1, 0.15) is 12.5 Å². The maximum absolute atomic E-state index is 11.1. The van der Waals surface area contributed by atoms with Gasteiger partial charge in [-0.05, 0) is 13.0 Å². The first-order valence-corrected chi connectivity index (χ1v) is 4.86. The largest absolute Gasteiger partial charge is 0.483 e. The molecule has 0 atom stereocenters. The number of aliphatic hydroxyl groups excluding tert-OH is 1. The SMILES string of the molecule is CCNC(=O)COc1ccccc1CO. The van der Waals surface area contributed by atoms with Crippen molar-refractivity contribution < 1.29 is 14.6 Å². The number of hydrogen-bond acceptors (Lipinski definition) is 3. The fraction of sp³-hybridized carbons (Fsp3) is 0.364. The average molecular weight is 209 g/mol. The molecule has 1 rings (SSSR count). The molecule has 2 N–H and O–H groups in total. The molecule has 4 heteroatoms. The van der Waals surface area contributed by atoms with Gasteiger partial charge in [0, 0.05) is 12.1 Å². The van der Waals surface area contributed by atoms with E-state index in [0.717, 1.165) is 0 Å². The Balaban J connectivity index is 2.53. The molecule has 0 spiro atoms. The Morgan fingerprint density at radius 3 is 2.87 bits per heavy atom. The van der Waals surface area contributed by atoms with Gasteiger partial charge in [0.1, 0.15) is 5.75 Å². The second-order valence-corrected chi connectivity index (χ2v) is 3.01. The standard InChI is InChI=1S/C11H15NO3/c1-2-12-11(14)8-15-10-6-4-3-5-9(10)7-13/h3-6,13H,2,7-8H2,1H3,(H,12,14). The Hall–Kier alpha value is -1.55. The van der Waals surface area contributed by atoms with E-state index in [2.05, 4.69) is 5.32 Å². The van der Waals surface area contributed by atoms with Gasteiger partial charge in [-0.3, -0.25) is 4.79 Å². The topological polar surface area (TPSA) is 58.6 Å². The fourth-order valence-electron chi connectivity index (χ4n) is 1.17. The Kier molecular flexibility index (Phi) is 4.63. The number of para-hydroxylation sites is 1. The highest BCUT2D eigenvalue weighted by atomic mass is 16.5. The van der Waals surface area contributed by atoms with Crippen molar-refractivity contribution in [1.82, 2.24) is 5.32 Å². The normalized spacial score (nSPS) is 9.73. The minimum Gasteiger partial charge on any atom is -0.483 e. The zero-order chi connectivity index (χ0) is 11.1. The number of carbonyl (C=O) groups is 1. The van der Waals surface area contributed by atoms with Gasteiger partial charge >= 0.3 is 0 Å². The average Bonchev–Trinajstić information content (AvgIpc) is 2.27. The van der Waals surface area contributed by atoms with Crippen molar-refractivity contribution in [2.75, 3.05) is 13.2 Å². The molecule has 0 aliphatic heterocycles. The molecule has 82 valence electrons. The van der Waals surface area contributed by atoms with E-state index in [-0.39, 0.29) is 19.1 Å². The van der Waals surface area contributed by atoms with E-state index in [0.29, 0.717) is 17.9 Å². The molecule has 0 fully saturated rings. The zero-order valence-corrected chi connectivity index (χ0v) is 8.69. The summed E-state index contributed by atoms with van der Waals surface area (Å²) < 4.78 is 5.27. The fourth-order valence-corrected chi connectivity index (χ4v) is 1.17. The summed E-state index contributed by atoms with van der Waals surface area (Å²) in [5.74, 6) is 0.386. The summed E-state index contributed by atoms with van der Waals surface area (Å²) in [5.41, 5.74) is 0.682. The maximum Gasteiger partial charge on any atom is 0.257 e. The van der Waals surface area contributed by atoms with E-state index in [9.17, 15) is 4.79 Å². The molecule has 0 aliphatic carbocycles.